The van der Waals surface area contributed by atoms with Gasteiger partial charge in [-0.2, -0.15) is 9.78 Å². The first kappa shape index (κ1) is 18.9. The second-order valence-electron chi connectivity index (χ2n) is 5.37. The number of hydrogen-bond donors (Lipinski definition) is 1. The molecule has 3 rings (SSSR count). The van der Waals surface area contributed by atoms with Gasteiger partial charge < -0.3 is 10.1 Å². The van der Waals surface area contributed by atoms with Gasteiger partial charge in [0.1, 0.15) is 5.82 Å². The Bertz CT molecular complexity index is 1070. The third-order valence-electron chi connectivity index (χ3n) is 3.58. The van der Waals surface area contributed by atoms with E-state index < -0.39 is 17.3 Å². The molecule has 0 aliphatic rings. The predicted octanol–water partition coefficient (Wildman–Crippen LogP) is 3.94. The molecule has 0 bridgehead atoms. The molecule has 0 fully saturated rings. The molecule has 0 atom stereocenters. The molecule has 138 valence electrons. The number of nitrogens with one attached hydrogen (secondary N) is 1. The van der Waals surface area contributed by atoms with E-state index in [1.807, 2.05) is 0 Å². The van der Waals surface area contributed by atoms with Gasteiger partial charge in [-0.05, 0) is 42.5 Å². The van der Waals surface area contributed by atoms with Crippen molar-refractivity contribution in [1.82, 2.24) is 9.78 Å². The van der Waals surface area contributed by atoms with Gasteiger partial charge >= 0.3 is 0 Å². The number of ether oxygens (including phenoxy) is 1. The monoisotopic (exact) mass is 407 g/mol. The molecule has 6 nitrogen and oxygen atoms in total. The van der Waals surface area contributed by atoms with Crippen LogP contribution in [0.2, 0.25) is 10.0 Å². The van der Waals surface area contributed by atoms with Crippen LogP contribution in [0.25, 0.3) is 5.69 Å². The first-order valence-corrected chi connectivity index (χ1v) is 8.35. The number of methoxy groups -OCH3 is 1. The molecule has 0 radical (unpaired) electrons. The largest absolute Gasteiger partial charge is 0.494 e. The number of halogens is 3. The van der Waals surface area contributed by atoms with Crippen molar-refractivity contribution in [2.45, 2.75) is 0 Å². The highest BCUT2D eigenvalue weighted by Crippen LogP contribution is 2.26. The lowest BCUT2D eigenvalue weighted by Crippen LogP contribution is -2.26. The number of carbonyl (C=O) groups excluding carboxylic acids is 1. The summed E-state index contributed by atoms with van der Waals surface area (Å²) in [4.78, 5) is 24.9. The number of hydrogen-bond acceptors (Lipinski definition) is 4. The van der Waals surface area contributed by atoms with Crippen molar-refractivity contribution in [3.8, 4) is 11.4 Å². The molecule has 0 aliphatic heterocycles. The first-order chi connectivity index (χ1) is 12.9. The number of nitrogens with zero attached hydrogens (tertiary/aromatic N) is 2. The molecule has 0 unspecified atom stereocenters. The van der Waals surface area contributed by atoms with Crippen LogP contribution in [-0.2, 0) is 0 Å². The van der Waals surface area contributed by atoms with E-state index in [0.29, 0.717) is 16.4 Å². The van der Waals surface area contributed by atoms with Crippen molar-refractivity contribution in [2.75, 3.05) is 12.4 Å². The van der Waals surface area contributed by atoms with Crippen LogP contribution < -0.4 is 15.6 Å². The summed E-state index contributed by atoms with van der Waals surface area (Å²) in [6.07, 6.45) is 0. The van der Waals surface area contributed by atoms with E-state index in [1.165, 1.54) is 43.5 Å². The van der Waals surface area contributed by atoms with E-state index in [-0.39, 0.29) is 16.5 Å². The molecule has 1 N–H and O–H groups in total. The lowest BCUT2D eigenvalue weighted by atomic mass is 10.2. The molecular weight excluding hydrogens is 396 g/mol. The van der Waals surface area contributed by atoms with Gasteiger partial charge in [-0.1, -0.05) is 23.2 Å². The van der Waals surface area contributed by atoms with Crippen molar-refractivity contribution in [2.24, 2.45) is 0 Å². The third kappa shape index (κ3) is 4.10. The van der Waals surface area contributed by atoms with Crippen LogP contribution in [0.1, 0.15) is 10.5 Å². The molecule has 1 amide bonds. The Balaban J connectivity index is 2.02. The zero-order valence-corrected chi connectivity index (χ0v) is 15.4. The summed E-state index contributed by atoms with van der Waals surface area (Å²) in [5.74, 6) is -1.12. The second-order valence-corrected chi connectivity index (χ2v) is 6.21. The van der Waals surface area contributed by atoms with E-state index in [4.69, 9.17) is 27.9 Å². The average Bonchev–Trinajstić information content (AvgIpc) is 2.64. The van der Waals surface area contributed by atoms with Crippen LogP contribution >= 0.6 is 23.2 Å². The van der Waals surface area contributed by atoms with Crippen molar-refractivity contribution in [3.05, 3.63) is 80.4 Å². The predicted molar refractivity (Wildman–Crippen MR) is 101 cm³/mol. The standard InChI is InChI=1S/C18H12Cl2FN3O3/c1-27-15-9-16(25)24(12-5-3-11(21)4-6-12)23-17(15)18(26)22-14-7-2-10(19)8-13(14)20/h2-9H,1H3,(H,22,26). The van der Waals surface area contributed by atoms with E-state index in [0.717, 1.165) is 10.7 Å². The maximum Gasteiger partial charge on any atom is 0.280 e. The lowest BCUT2D eigenvalue weighted by molar-refractivity contribution is 0.101. The van der Waals surface area contributed by atoms with Crippen molar-refractivity contribution < 1.29 is 13.9 Å². The molecule has 0 spiro atoms. The maximum atomic E-state index is 13.1. The normalized spacial score (nSPS) is 10.5. The lowest BCUT2D eigenvalue weighted by Gasteiger charge is -2.12. The zero-order chi connectivity index (χ0) is 19.6. The van der Waals surface area contributed by atoms with Crippen LogP contribution in [0, 0.1) is 5.82 Å². The van der Waals surface area contributed by atoms with Crippen molar-refractivity contribution >= 4 is 34.8 Å². The summed E-state index contributed by atoms with van der Waals surface area (Å²) in [5.41, 5.74) is -0.0796. The van der Waals surface area contributed by atoms with Gasteiger partial charge in [-0.3, -0.25) is 9.59 Å². The van der Waals surface area contributed by atoms with E-state index >= 15 is 0 Å². The molecule has 3 aromatic rings. The molecule has 0 saturated heterocycles. The van der Waals surface area contributed by atoms with E-state index in [9.17, 15) is 14.0 Å². The highest BCUT2D eigenvalue weighted by Gasteiger charge is 2.19. The number of rotatable bonds is 4. The number of anilines is 1. The van der Waals surface area contributed by atoms with Crippen LogP contribution in [0.4, 0.5) is 10.1 Å². The molecule has 27 heavy (non-hydrogen) atoms. The summed E-state index contributed by atoms with van der Waals surface area (Å²) < 4.78 is 19.2. The molecule has 0 saturated carbocycles. The highest BCUT2D eigenvalue weighted by atomic mass is 35.5. The van der Waals surface area contributed by atoms with Crippen LogP contribution in [0.3, 0.4) is 0 Å². The summed E-state index contributed by atoms with van der Waals surface area (Å²) in [5, 5.41) is 7.30. The maximum absolute atomic E-state index is 13.1. The number of amides is 1. The molecule has 2 aromatic carbocycles. The van der Waals surface area contributed by atoms with Gasteiger partial charge in [0.05, 0.1) is 29.6 Å². The Hall–Kier alpha value is -2.90. The zero-order valence-electron chi connectivity index (χ0n) is 13.9. The summed E-state index contributed by atoms with van der Waals surface area (Å²) >= 11 is 11.9. The van der Waals surface area contributed by atoms with Gasteiger partial charge in [0.2, 0.25) is 0 Å². The van der Waals surface area contributed by atoms with Gasteiger partial charge in [0.15, 0.2) is 11.4 Å². The molecule has 1 aromatic heterocycles. The Kier molecular flexibility index (Phi) is 5.43. The van der Waals surface area contributed by atoms with Gasteiger partial charge in [-0.15, -0.1) is 0 Å². The fourth-order valence-electron chi connectivity index (χ4n) is 2.29. The molecular formula is C18H12Cl2FN3O3. The minimum Gasteiger partial charge on any atom is -0.494 e. The van der Waals surface area contributed by atoms with E-state index in [1.54, 1.807) is 6.07 Å². The van der Waals surface area contributed by atoms with Crippen LogP contribution in [0.15, 0.2) is 53.3 Å². The Morgan fingerprint density at radius 3 is 2.48 bits per heavy atom. The smallest absolute Gasteiger partial charge is 0.280 e. The fraction of sp³-hybridized carbons (Fsp3) is 0.0556. The molecule has 0 aliphatic carbocycles. The number of aromatic nitrogens is 2. The minimum absolute atomic E-state index is 0.0130. The highest BCUT2D eigenvalue weighted by molar-refractivity contribution is 6.36. The van der Waals surface area contributed by atoms with Crippen molar-refractivity contribution in [1.29, 1.82) is 0 Å². The van der Waals surface area contributed by atoms with Gasteiger partial charge in [-0.25, -0.2) is 4.39 Å². The number of benzene rings is 2. The van der Waals surface area contributed by atoms with Gasteiger partial charge in [0, 0.05) is 5.02 Å². The van der Waals surface area contributed by atoms with Crippen LogP contribution in [0.5, 0.6) is 5.75 Å². The summed E-state index contributed by atoms with van der Waals surface area (Å²) in [6, 6.07) is 10.8. The Labute approximate surface area is 163 Å². The SMILES string of the molecule is COc1cc(=O)n(-c2ccc(F)cc2)nc1C(=O)Nc1ccc(Cl)cc1Cl. The van der Waals surface area contributed by atoms with Crippen molar-refractivity contribution in [3.63, 3.8) is 0 Å². The van der Waals surface area contributed by atoms with Gasteiger partial charge in [0.25, 0.3) is 11.5 Å². The average molecular weight is 408 g/mol. The van der Waals surface area contributed by atoms with E-state index in [2.05, 4.69) is 10.4 Å². The molecule has 1 heterocycles. The molecule has 9 heteroatoms. The second kappa shape index (κ2) is 7.77. The quantitative estimate of drug-likeness (QED) is 0.710. The summed E-state index contributed by atoms with van der Waals surface area (Å²) in [6.45, 7) is 0. The fourth-order valence-corrected chi connectivity index (χ4v) is 2.75. The Morgan fingerprint density at radius 2 is 1.85 bits per heavy atom. The third-order valence-corrected chi connectivity index (χ3v) is 4.13. The summed E-state index contributed by atoms with van der Waals surface area (Å²) in [7, 11) is 1.31. The topological polar surface area (TPSA) is 73.2 Å². The number of carbonyl (C=O) groups is 1. The van der Waals surface area contributed by atoms with Crippen LogP contribution in [-0.4, -0.2) is 22.8 Å². The Morgan fingerprint density at radius 1 is 1.15 bits per heavy atom. The first-order valence-electron chi connectivity index (χ1n) is 7.60. The minimum atomic E-state index is -0.646.